The lowest BCUT2D eigenvalue weighted by molar-refractivity contribution is -0.135. The third kappa shape index (κ3) is 6.57. The number of carbonyl (C=O) groups is 2. The summed E-state index contributed by atoms with van der Waals surface area (Å²) in [4.78, 5) is 32.5. The monoisotopic (exact) mass is 516 g/mol. The molecule has 7 nitrogen and oxygen atoms in total. The first kappa shape index (κ1) is 26.0. The quantitative estimate of drug-likeness (QED) is 0.313. The summed E-state index contributed by atoms with van der Waals surface area (Å²) in [6, 6.07) is 24.1. The van der Waals surface area contributed by atoms with Gasteiger partial charge in [-0.3, -0.25) is 19.5 Å². The van der Waals surface area contributed by atoms with Gasteiger partial charge >= 0.3 is 0 Å². The largest absolute Gasteiger partial charge is 0.497 e. The van der Waals surface area contributed by atoms with E-state index in [0.717, 1.165) is 16.8 Å². The molecule has 0 atom stereocenters. The molecule has 4 aromatic rings. The number of rotatable bonds is 9. The summed E-state index contributed by atoms with van der Waals surface area (Å²) in [5.41, 5.74) is 3.18. The Kier molecular flexibility index (Phi) is 8.25. The number of ether oxygens (including phenoxy) is 1. The molecule has 0 aliphatic heterocycles. The van der Waals surface area contributed by atoms with Crippen molar-refractivity contribution in [1.29, 1.82) is 0 Å². The Labute approximate surface area is 221 Å². The fraction of sp³-hybridized carbons (Fsp3) is 0.207. The molecule has 8 heteroatoms. The molecule has 0 aliphatic carbocycles. The van der Waals surface area contributed by atoms with E-state index in [2.05, 4.69) is 5.32 Å². The number of nitrogens with zero attached hydrogens (tertiary/aromatic N) is 3. The molecule has 0 aliphatic rings. The molecule has 190 valence electrons. The lowest BCUT2D eigenvalue weighted by Crippen LogP contribution is -2.43. The van der Waals surface area contributed by atoms with E-state index < -0.39 is 0 Å². The van der Waals surface area contributed by atoms with Gasteiger partial charge in [0.25, 0.3) is 0 Å². The first-order valence-electron chi connectivity index (χ1n) is 12.0. The number of carbonyl (C=O) groups excluding carboxylic acids is 2. The molecule has 0 saturated heterocycles. The second-order valence-corrected chi connectivity index (χ2v) is 9.29. The van der Waals surface area contributed by atoms with E-state index in [1.807, 2.05) is 86.8 Å². The summed E-state index contributed by atoms with van der Waals surface area (Å²) in [5, 5.41) is 3.53. The van der Waals surface area contributed by atoms with Crippen LogP contribution in [-0.2, 0) is 16.0 Å². The fourth-order valence-corrected chi connectivity index (χ4v) is 4.06. The van der Waals surface area contributed by atoms with Gasteiger partial charge < -0.3 is 9.64 Å². The number of aromatic nitrogens is 2. The fourth-order valence-electron chi connectivity index (χ4n) is 3.94. The maximum absolute atomic E-state index is 13.2. The van der Waals surface area contributed by atoms with Gasteiger partial charge in [0.15, 0.2) is 0 Å². The zero-order valence-corrected chi connectivity index (χ0v) is 21.8. The van der Waals surface area contributed by atoms with E-state index in [0.29, 0.717) is 22.4 Å². The normalized spacial score (nSPS) is 10.8. The highest BCUT2D eigenvalue weighted by Gasteiger charge is 2.22. The minimum Gasteiger partial charge on any atom is -0.497 e. The first-order valence-corrected chi connectivity index (χ1v) is 12.3. The summed E-state index contributed by atoms with van der Waals surface area (Å²) in [5.74, 6) is 0.554. The van der Waals surface area contributed by atoms with E-state index in [1.54, 1.807) is 28.7 Å². The van der Waals surface area contributed by atoms with Crippen molar-refractivity contribution < 1.29 is 14.3 Å². The van der Waals surface area contributed by atoms with Gasteiger partial charge in [-0.1, -0.05) is 60.1 Å². The van der Waals surface area contributed by atoms with Crippen LogP contribution in [0.15, 0.2) is 85.1 Å². The van der Waals surface area contributed by atoms with E-state index in [-0.39, 0.29) is 30.8 Å². The number of amides is 2. The van der Waals surface area contributed by atoms with Crippen LogP contribution in [0.2, 0.25) is 5.02 Å². The highest BCUT2D eigenvalue weighted by Crippen LogP contribution is 2.27. The van der Waals surface area contributed by atoms with Crippen molar-refractivity contribution in [1.82, 2.24) is 14.5 Å². The third-order valence-corrected chi connectivity index (χ3v) is 6.14. The lowest BCUT2D eigenvalue weighted by atomic mass is 10.1. The van der Waals surface area contributed by atoms with Crippen LogP contribution in [0.25, 0.3) is 16.9 Å². The van der Waals surface area contributed by atoms with Gasteiger partial charge in [-0.2, -0.15) is 0 Å². The minimum absolute atomic E-state index is 0.0927. The van der Waals surface area contributed by atoms with Gasteiger partial charge in [0.1, 0.15) is 12.3 Å². The Hall–Kier alpha value is -4.10. The molecule has 1 heterocycles. The molecule has 0 saturated carbocycles. The maximum Gasteiger partial charge on any atom is 0.246 e. The molecule has 0 radical (unpaired) electrons. The van der Waals surface area contributed by atoms with E-state index in [4.69, 9.17) is 21.3 Å². The molecule has 4 rings (SSSR count). The predicted octanol–water partition coefficient (Wildman–Crippen LogP) is 5.62. The van der Waals surface area contributed by atoms with Crippen molar-refractivity contribution in [3.05, 3.63) is 95.6 Å². The summed E-state index contributed by atoms with van der Waals surface area (Å²) < 4.78 is 7.16. The molecule has 3 aromatic carbocycles. The Morgan fingerprint density at radius 3 is 2.43 bits per heavy atom. The van der Waals surface area contributed by atoms with Crippen LogP contribution >= 0.6 is 11.6 Å². The summed E-state index contributed by atoms with van der Waals surface area (Å²) in [7, 11) is 1.60. The lowest BCUT2D eigenvalue weighted by Gasteiger charge is -2.26. The van der Waals surface area contributed by atoms with Crippen molar-refractivity contribution in [2.45, 2.75) is 26.3 Å². The van der Waals surface area contributed by atoms with Crippen LogP contribution < -0.4 is 10.1 Å². The Balaban J connectivity index is 1.59. The molecule has 2 amide bonds. The van der Waals surface area contributed by atoms with Gasteiger partial charge in [0, 0.05) is 28.9 Å². The third-order valence-electron chi connectivity index (χ3n) is 5.88. The highest BCUT2D eigenvalue weighted by molar-refractivity contribution is 6.30. The Bertz CT molecular complexity index is 1370. The van der Waals surface area contributed by atoms with Crippen molar-refractivity contribution in [3.63, 3.8) is 0 Å². The molecular weight excluding hydrogens is 488 g/mol. The van der Waals surface area contributed by atoms with Gasteiger partial charge in [0.2, 0.25) is 17.8 Å². The molecule has 0 fully saturated rings. The van der Waals surface area contributed by atoms with Crippen molar-refractivity contribution >= 4 is 29.4 Å². The van der Waals surface area contributed by atoms with Gasteiger partial charge in [0.05, 0.1) is 24.9 Å². The van der Waals surface area contributed by atoms with E-state index in [1.165, 1.54) is 0 Å². The van der Waals surface area contributed by atoms with Crippen molar-refractivity contribution in [3.8, 4) is 22.7 Å². The number of imidazole rings is 1. The molecule has 1 N–H and O–H groups in total. The number of hydrogen-bond acceptors (Lipinski definition) is 4. The van der Waals surface area contributed by atoms with Crippen LogP contribution in [0.1, 0.15) is 19.4 Å². The van der Waals surface area contributed by atoms with Crippen LogP contribution in [0.5, 0.6) is 5.75 Å². The second kappa shape index (κ2) is 11.8. The Morgan fingerprint density at radius 1 is 1.03 bits per heavy atom. The molecular formula is C29H29ClN4O3. The van der Waals surface area contributed by atoms with Gasteiger partial charge in [-0.05, 0) is 43.7 Å². The van der Waals surface area contributed by atoms with Gasteiger partial charge in [-0.25, -0.2) is 4.98 Å². The molecule has 37 heavy (non-hydrogen) atoms. The highest BCUT2D eigenvalue weighted by atomic mass is 35.5. The molecule has 0 spiro atoms. The van der Waals surface area contributed by atoms with Gasteiger partial charge in [-0.15, -0.1) is 0 Å². The van der Waals surface area contributed by atoms with Crippen LogP contribution in [0, 0.1) is 0 Å². The second-order valence-electron chi connectivity index (χ2n) is 8.85. The van der Waals surface area contributed by atoms with Crippen molar-refractivity contribution in [2.75, 3.05) is 19.0 Å². The zero-order valence-electron chi connectivity index (χ0n) is 21.0. The maximum atomic E-state index is 13.2. The first-order chi connectivity index (χ1) is 17.8. The summed E-state index contributed by atoms with van der Waals surface area (Å²) >= 11 is 6.06. The SMILES string of the molecule is COc1cccc(-n2cc(-c3ccc(Cl)cc3)nc2NC(=O)CN(C(=O)Cc2ccccc2)C(C)C)c1. The number of hydrogen-bond donors (Lipinski definition) is 1. The van der Waals surface area contributed by atoms with Crippen LogP contribution in [0.3, 0.4) is 0 Å². The number of nitrogens with one attached hydrogen (secondary N) is 1. The van der Waals surface area contributed by atoms with Crippen LogP contribution in [-0.4, -0.2) is 46.0 Å². The topological polar surface area (TPSA) is 76.5 Å². The van der Waals surface area contributed by atoms with Crippen LogP contribution in [0.4, 0.5) is 5.95 Å². The standard InChI is InChI=1S/C29H29ClN4O3/c1-20(2)33(28(36)16-21-8-5-4-6-9-21)19-27(35)32-29-31-26(22-12-14-23(30)15-13-22)18-34(29)24-10-7-11-25(17-24)37-3/h4-15,17-18,20H,16,19H2,1-3H3,(H,31,32,35). The zero-order chi connectivity index (χ0) is 26.4. The number of anilines is 1. The average molecular weight is 517 g/mol. The Morgan fingerprint density at radius 2 is 1.76 bits per heavy atom. The number of benzene rings is 3. The summed E-state index contributed by atoms with van der Waals surface area (Å²) in [6.07, 6.45) is 2.07. The van der Waals surface area contributed by atoms with E-state index in [9.17, 15) is 9.59 Å². The summed E-state index contributed by atoms with van der Waals surface area (Å²) in [6.45, 7) is 3.70. The number of halogens is 1. The van der Waals surface area contributed by atoms with E-state index >= 15 is 0 Å². The molecule has 0 unspecified atom stereocenters. The average Bonchev–Trinajstić information content (AvgIpc) is 3.31. The number of methoxy groups -OCH3 is 1. The van der Waals surface area contributed by atoms with Crippen molar-refractivity contribution in [2.24, 2.45) is 0 Å². The molecule has 1 aromatic heterocycles. The smallest absolute Gasteiger partial charge is 0.246 e. The predicted molar refractivity (Wildman–Crippen MR) is 146 cm³/mol. The minimum atomic E-state index is -0.340. The molecule has 0 bridgehead atoms.